The van der Waals surface area contributed by atoms with Gasteiger partial charge in [0, 0.05) is 29.4 Å². The summed E-state index contributed by atoms with van der Waals surface area (Å²) in [5.41, 5.74) is 3.54. The van der Waals surface area contributed by atoms with Gasteiger partial charge >= 0.3 is 0 Å². The average molecular weight is 229 g/mol. The van der Waals surface area contributed by atoms with Crippen molar-refractivity contribution in [2.45, 2.75) is 6.54 Å². The highest BCUT2D eigenvalue weighted by molar-refractivity contribution is 7.08. The van der Waals surface area contributed by atoms with Crippen LogP contribution in [0.25, 0.3) is 5.52 Å². The Kier molecular flexibility index (Phi) is 2.34. The van der Waals surface area contributed by atoms with Crippen molar-refractivity contribution < 1.29 is 0 Å². The predicted molar refractivity (Wildman–Crippen MR) is 66.8 cm³/mol. The molecule has 0 amide bonds. The number of anilines is 1. The molecule has 3 heterocycles. The van der Waals surface area contributed by atoms with Crippen LogP contribution < -0.4 is 5.32 Å². The standard InChI is InChI=1S/C12H11N3S/c1-2-5-15-12(3-1)10(8-14-15)7-13-11-4-6-16-9-11/h1-6,8-9,13H,7H2. The van der Waals surface area contributed by atoms with Crippen molar-refractivity contribution in [2.24, 2.45) is 0 Å². The largest absolute Gasteiger partial charge is 0.380 e. The van der Waals surface area contributed by atoms with E-state index in [9.17, 15) is 0 Å². The lowest BCUT2D eigenvalue weighted by Crippen LogP contribution is -1.97. The maximum atomic E-state index is 4.30. The van der Waals surface area contributed by atoms with Gasteiger partial charge < -0.3 is 5.32 Å². The SMILES string of the molecule is c1ccn2ncc(CNc3ccsc3)c2c1. The first-order valence-corrected chi connectivity index (χ1v) is 6.05. The molecule has 3 rings (SSSR count). The van der Waals surface area contributed by atoms with Crippen LogP contribution in [0.1, 0.15) is 5.56 Å². The van der Waals surface area contributed by atoms with Crippen LogP contribution in [0.15, 0.2) is 47.4 Å². The molecule has 3 aromatic heterocycles. The highest BCUT2D eigenvalue weighted by atomic mass is 32.1. The Hall–Kier alpha value is -1.81. The Morgan fingerprint density at radius 1 is 1.31 bits per heavy atom. The fraction of sp³-hybridized carbons (Fsp3) is 0.0833. The maximum Gasteiger partial charge on any atom is 0.0711 e. The molecule has 3 aromatic rings. The van der Waals surface area contributed by atoms with Gasteiger partial charge in [0.2, 0.25) is 0 Å². The van der Waals surface area contributed by atoms with Crippen molar-refractivity contribution in [1.29, 1.82) is 0 Å². The van der Waals surface area contributed by atoms with E-state index in [4.69, 9.17) is 0 Å². The molecule has 0 aliphatic heterocycles. The Balaban J connectivity index is 1.84. The molecule has 0 aliphatic rings. The summed E-state index contributed by atoms with van der Waals surface area (Å²) in [6.45, 7) is 0.810. The van der Waals surface area contributed by atoms with Crippen molar-refractivity contribution in [3.63, 3.8) is 0 Å². The smallest absolute Gasteiger partial charge is 0.0711 e. The van der Waals surface area contributed by atoms with Crippen molar-refractivity contribution in [1.82, 2.24) is 9.61 Å². The number of hydrogen-bond donors (Lipinski definition) is 1. The van der Waals surface area contributed by atoms with Crippen molar-refractivity contribution in [2.75, 3.05) is 5.32 Å². The van der Waals surface area contributed by atoms with Crippen LogP contribution in [0.3, 0.4) is 0 Å². The van der Waals surface area contributed by atoms with Gasteiger partial charge in [-0.05, 0) is 23.6 Å². The molecular formula is C12H11N3S. The minimum Gasteiger partial charge on any atom is -0.380 e. The van der Waals surface area contributed by atoms with Gasteiger partial charge in [0.15, 0.2) is 0 Å². The number of fused-ring (bicyclic) bond motifs is 1. The van der Waals surface area contributed by atoms with E-state index in [0.717, 1.165) is 12.1 Å². The molecule has 0 bridgehead atoms. The van der Waals surface area contributed by atoms with Crippen LogP contribution in [0.2, 0.25) is 0 Å². The number of rotatable bonds is 3. The fourth-order valence-electron chi connectivity index (χ4n) is 1.69. The number of aromatic nitrogens is 2. The molecule has 0 atom stereocenters. The van der Waals surface area contributed by atoms with Gasteiger partial charge in [0.25, 0.3) is 0 Å². The summed E-state index contributed by atoms with van der Waals surface area (Å²) in [4.78, 5) is 0. The minimum atomic E-state index is 0.810. The van der Waals surface area contributed by atoms with Gasteiger partial charge in [-0.3, -0.25) is 0 Å². The van der Waals surface area contributed by atoms with Crippen molar-refractivity contribution in [3.05, 3.63) is 53.0 Å². The molecule has 0 aromatic carbocycles. The van der Waals surface area contributed by atoms with E-state index >= 15 is 0 Å². The van der Waals surface area contributed by atoms with Crippen molar-refractivity contribution >= 4 is 22.5 Å². The molecule has 1 N–H and O–H groups in total. The summed E-state index contributed by atoms with van der Waals surface area (Å²) in [5.74, 6) is 0. The first kappa shape index (κ1) is 9.42. The van der Waals surface area contributed by atoms with Gasteiger partial charge in [0.05, 0.1) is 11.7 Å². The molecule has 0 unspecified atom stereocenters. The lowest BCUT2D eigenvalue weighted by atomic mass is 10.2. The van der Waals surface area contributed by atoms with Gasteiger partial charge in [-0.15, -0.1) is 0 Å². The van der Waals surface area contributed by atoms with Gasteiger partial charge in [-0.1, -0.05) is 6.07 Å². The molecular weight excluding hydrogens is 218 g/mol. The van der Waals surface area contributed by atoms with E-state index < -0.39 is 0 Å². The summed E-state index contributed by atoms with van der Waals surface area (Å²) in [7, 11) is 0. The molecule has 16 heavy (non-hydrogen) atoms. The Bertz CT molecular complexity index is 583. The molecule has 3 nitrogen and oxygen atoms in total. The molecule has 0 aliphatic carbocycles. The van der Waals surface area contributed by atoms with Gasteiger partial charge in [-0.2, -0.15) is 16.4 Å². The van der Waals surface area contributed by atoms with E-state index in [1.54, 1.807) is 11.3 Å². The van der Waals surface area contributed by atoms with E-state index in [-0.39, 0.29) is 0 Å². The van der Waals surface area contributed by atoms with Gasteiger partial charge in [-0.25, -0.2) is 4.52 Å². The van der Waals surface area contributed by atoms with Gasteiger partial charge in [0.1, 0.15) is 0 Å². The quantitative estimate of drug-likeness (QED) is 0.748. The predicted octanol–water partition coefficient (Wildman–Crippen LogP) is 3.01. The summed E-state index contributed by atoms with van der Waals surface area (Å²) in [6, 6.07) is 8.18. The molecule has 0 saturated carbocycles. The fourth-order valence-corrected chi connectivity index (χ4v) is 2.30. The van der Waals surface area contributed by atoms with E-state index in [1.807, 2.05) is 29.0 Å². The summed E-state index contributed by atoms with van der Waals surface area (Å²) in [5, 5.41) is 11.8. The molecule has 0 spiro atoms. The van der Waals surface area contributed by atoms with Crippen molar-refractivity contribution in [3.8, 4) is 0 Å². The Morgan fingerprint density at radius 2 is 2.31 bits per heavy atom. The maximum absolute atomic E-state index is 4.30. The first-order valence-electron chi connectivity index (χ1n) is 5.11. The van der Waals surface area contributed by atoms with Crippen LogP contribution in [0.4, 0.5) is 5.69 Å². The second-order valence-electron chi connectivity index (χ2n) is 3.57. The van der Waals surface area contributed by atoms with Crippen LogP contribution in [-0.2, 0) is 6.54 Å². The zero-order valence-corrected chi connectivity index (χ0v) is 9.45. The lowest BCUT2D eigenvalue weighted by Gasteiger charge is -2.01. The molecule has 0 fully saturated rings. The highest BCUT2D eigenvalue weighted by Gasteiger charge is 2.02. The number of thiophene rings is 1. The third-order valence-corrected chi connectivity index (χ3v) is 3.19. The Labute approximate surface area is 97.3 Å². The molecule has 80 valence electrons. The monoisotopic (exact) mass is 229 g/mol. The van der Waals surface area contributed by atoms with E-state index in [1.165, 1.54) is 11.3 Å². The molecule has 4 heteroatoms. The number of nitrogens with zero attached hydrogens (tertiary/aromatic N) is 2. The third kappa shape index (κ3) is 1.67. The van der Waals surface area contributed by atoms with Crippen LogP contribution in [0, 0.1) is 0 Å². The van der Waals surface area contributed by atoms with E-state index in [0.29, 0.717) is 0 Å². The first-order chi connectivity index (χ1) is 7.93. The van der Waals surface area contributed by atoms with E-state index in [2.05, 4.69) is 33.3 Å². The summed E-state index contributed by atoms with van der Waals surface area (Å²) in [6.07, 6.45) is 3.87. The second-order valence-corrected chi connectivity index (χ2v) is 4.35. The third-order valence-electron chi connectivity index (χ3n) is 2.51. The van der Waals surface area contributed by atoms with Crippen LogP contribution >= 0.6 is 11.3 Å². The zero-order valence-electron chi connectivity index (χ0n) is 8.63. The molecule has 0 saturated heterocycles. The highest BCUT2D eigenvalue weighted by Crippen LogP contribution is 2.15. The summed E-state index contributed by atoms with van der Waals surface area (Å²) >= 11 is 1.70. The lowest BCUT2D eigenvalue weighted by molar-refractivity contribution is 0.961. The molecule has 0 radical (unpaired) electrons. The topological polar surface area (TPSA) is 29.3 Å². The normalized spacial score (nSPS) is 10.8. The number of pyridine rings is 1. The zero-order chi connectivity index (χ0) is 10.8. The number of hydrogen-bond acceptors (Lipinski definition) is 3. The minimum absolute atomic E-state index is 0.810. The summed E-state index contributed by atoms with van der Waals surface area (Å²) < 4.78 is 1.89. The number of nitrogens with one attached hydrogen (secondary N) is 1. The Morgan fingerprint density at radius 3 is 3.19 bits per heavy atom. The van der Waals surface area contributed by atoms with Crippen LogP contribution in [-0.4, -0.2) is 9.61 Å². The second kappa shape index (κ2) is 3.98. The average Bonchev–Trinajstić information content (AvgIpc) is 2.96. The van der Waals surface area contributed by atoms with Crippen LogP contribution in [0.5, 0.6) is 0 Å².